The highest BCUT2D eigenvalue weighted by molar-refractivity contribution is 5.25. The van der Waals surface area contributed by atoms with Crippen molar-refractivity contribution in [1.82, 2.24) is 15.2 Å². The van der Waals surface area contributed by atoms with Crippen LogP contribution in [-0.4, -0.2) is 42.7 Å². The van der Waals surface area contributed by atoms with Gasteiger partial charge in [-0.1, -0.05) is 12.5 Å². The second-order valence-corrected chi connectivity index (χ2v) is 5.32. The van der Waals surface area contributed by atoms with E-state index in [0.717, 1.165) is 24.5 Å². The SMILES string of the molecule is COc1ncccc1CNC(C)CN1CCCCC1. The van der Waals surface area contributed by atoms with Gasteiger partial charge in [0.15, 0.2) is 0 Å². The van der Waals surface area contributed by atoms with Crippen molar-refractivity contribution >= 4 is 0 Å². The first-order valence-electron chi connectivity index (χ1n) is 7.23. The average molecular weight is 263 g/mol. The highest BCUT2D eigenvalue weighted by atomic mass is 16.5. The summed E-state index contributed by atoms with van der Waals surface area (Å²) in [4.78, 5) is 6.78. The summed E-state index contributed by atoms with van der Waals surface area (Å²) in [5.74, 6) is 0.722. The number of pyridine rings is 1. The number of nitrogens with one attached hydrogen (secondary N) is 1. The lowest BCUT2D eigenvalue weighted by molar-refractivity contribution is 0.208. The number of aromatic nitrogens is 1. The molecule has 1 aliphatic heterocycles. The molecule has 1 unspecified atom stereocenters. The second kappa shape index (κ2) is 7.46. The zero-order valence-corrected chi connectivity index (χ0v) is 12.1. The molecular formula is C15H25N3O. The van der Waals surface area contributed by atoms with Gasteiger partial charge in [-0.3, -0.25) is 0 Å². The van der Waals surface area contributed by atoms with Crippen LogP contribution in [0.3, 0.4) is 0 Å². The summed E-state index contributed by atoms with van der Waals surface area (Å²) < 4.78 is 5.27. The molecule has 1 aliphatic rings. The van der Waals surface area contributed by atoms with Crippen molar-refractivity contribution in [3.8, 4) is 5.88 Å². The Morgan fingerprint density at radius 3 is 2.89 bits per heavy atom. The van der Waals surface area contributed by atoms with Crippen LogP contribution in [-0.2, 0) is 6.54 Å². The molecule has 1 atom stereocenters. The van der Waals surface area contributed by atoms with Gasteiger partial charge in [0.1, 0.15) is 0 Å². The Kier molecular flexibility index (Phi) is 5.61. The van der Waals surface area contributed by atoms with E-state index < -0.39 is 0 Å². The number of hydrogen-bond donors (Lipinski definition) is 1. The monoisotopic (exact) mass is 263 g/mol. The van der Waals surface area contributed by atoms with Crippen LogP contribution >= 0.6 is 0 Å². The highest BCUT2D eigenvalue weighted by Crippen LogP contribution is 2.13. The van der Waals surface area contributed by atoms with Crippen molar-refractivity contribution in [3.63, 3.8) is 0 Å². The number of piperidine rings is 1. The second-order valence-electron chi connectivity index (χ2n) is 5.32. The van der Waals surface area contributed by atoms with Crippen LogP contribution in [0.5, 0.6) is 5.88 Å². The zero-order chi connectivity index (χ0) is 13.5. The number of methoxy groups -OCH3 is 1. The zero-order valence-electron chi connectivity index (χ0n) is 12.1. The van der Waals surface area contributed by atoms with Crippen molar-refractivity contribution in [2.45, 2.75) is 38.8 Å². The minimum atomic E-state index is 0.489. The van der Waals surface area contributed by atoms with E-state index in [1.165, 1.54) is 32.4 Å². The summed E-state index contributed by atoms with van der Waals surface area (Å²) in [6.07, 6.45) is 5.86. The molecule has 0 amide bonds. The molecule has 0 aromatic carbocycles. The van der Waals surface area contributed by atoms with E-state index in [0.29, 0.717) is 6.04 Å². The van der Waals surface area contributed by atoms with Crippen LogP contribution in [0.2, 0.25) is 0 Å². The lowest BCUT2D eigenvalue weighted by Crippen LogP contribution is -2.41. The van der Waals surface area contributed by atoms with Crippen LogP contribution in [0, 0.1) is 0 Å². The number of hydrogen-bond acceptors (Lipinski definition) is 4. The Bertz CT molecular complexity index is 377. The normalized spacial score (nSPS) is 18.2. The molecule has 0 spiro atoms. The third kappa shape index (κ3) is 4.48. The predicted molar refractivity (Wildman–Crippen MR) is 77.4 cm³/mol. The fraction of sp³-hybridized carbons (Fsp3) is 0.667. The standard InChI is InChI=1S/C15H25N3O/c1-13(12-18-9-4-3-5-10-18)17-11-14-7-6-8-16-15(14)19-2/h6-8,13,17H,3-5,9-12H2,1-2H3. The molecule has 106 valence electrons. The molecule has 0 bridgehead atoms. The minimum Gasteiger partial charge on any atom is -0.481 e. The molecule has 2 heterocycles. The van der Waals surface area contributed by atoms with Crippen LogP contribution in [0.25, 0.3) is 0 Å². The first-order valence-corrected chi connectivity index (χ1v) is 7.23. The molecule has 4 nitrogen and oxygen atoms in total. The highest BCUT2D eigenvalue weighted by Gasteiger charge is 2.13. The summed E-state index contributed by atoms with van der Waals surface area (Å²) in [6, 6.07) is 4.50. The summed E-state index contributed by atoms with van der Waals surface area (Å²) in [5.41, 5.74) is 1.12. The van der Waals surface area contributed by atoms with E-state index in [1.807, 2.05) is 6.07 Å². The summed E-state index contributed by atoms with van der Waals surface area (Å²) in [7, 11) is 1.67. The number of likely N-dealkylation sites (tertiary alicyclic amines) is 1. The van der Waals surface area contributed by atoms with Crippen molar-refractivity contribution in [2.75, 3.05) is 26.7 Å². The van der Waals surface area contributed by atoms with Crippen LogP contribution in [0.15, 0.2) is 18.3 Å². The first-order chi connectivity index (χ1) is 9.29. The van der Waals surface area contributed by atoms with Gasteiger partial charge in [-0.05, 0) is 38.9 Å². The lowest BCUT2D eigenvalue weighted by atomic mass is 10.1. The topological polar surface area (TPSA) is 37.4 Å². The molecule has 2 rings (SSSR count). The molecular weight excluding hydrogens is 238 g/mol. The van der Waals surface area contributed by atoms with E-state index in [9.17, 15) is 0 Å². The van der Waals surface area contributed by atoms with E-state index >= 15 is 0 Å². The van der Waals surface area contributed by atoms with E-state index in [1.54, 1.807) is 13.3 Å². The van der Waals surface area contributed by atoms with Gasteiger partial charge in [0, 0.05) is 30.9 Å². The van der Waals surface area contributed by atoms with Crippen LogP contribution in [0.1, 0.15) is 31.7 Å². The summed E-state index contributed by atoms with van der Waals surface area (Å²) in [5, 5.41) is 3.56. The van der Waals surface area contributed by atoms with Gasteiger partial charge in [-0.15, -0.1) is 0 Å². The Morgan fingerprint density at radius 2 is 2.16 bits per heavy atom. The maximum Gasteiger partial charge on any atom is 0.217 e. The smallest absolute Gasteiger partial charge is 0.217 e. The average Bonchev–Trinajstić information content (AvgIpc) is 2.46. The van der Waals surface area contributed by atoms with Gasteiger partial charge in [-0.2, -0.15) is 0 Å². The van der Waals surface area contributed by atoms with Crippen LogP contribution in [0.4, 0.5) is 0 Å². The quantitative estimate of drug-likeness (QED) is 0.852. The molecule has 0 saturated carbocycles. The van der Waals surface area contributed by atoms with Gasteiger partial charge in [-0.25, -0.2) is 4.98 Å². The Morgan fingerprint density at radius 1 is 1.37 bits per heavy atom. The fourth-order valence-corrected chi connectivity index (χ4v) is 2.62. The van der Waals surface area contributed by atoms with Gasteiger partial charge in [0.25, 0.3) is 0 Å². The van der Waals surface area contributed by atoms with E-state index in [-0.39, 0.29) is 0 Å². The van der Waals surface area contributed by atoms with E-state index in [2.05, 4.69) is 28.2 Å². The van der Waals surface area contributed by atoms with Crippen LogP contribution < -0.4 is 10.1 Å². The van der Waals surface area contributed by atoms with Gasteiger partial charge < -0.3 is 15.0 Å². The number of ether oxygens (including phenoxy) is 1. The van der Waals surface area contributed by atoms with Crippen molar-refractivity contribution in [1.29, 1.82) is 0 Å². The molecule has 1 fully saturated rings. The summed E-state index contributed by atoms with van der Waals surface area (Å²) in [6.45, 7) is 6.69. The van der Waals surface area contributed by atoms with Gasteiger partial charge in [0.05, 0.1) is 7.11 Å². The molecule has 1 saturated heterocycles. The molecule has 4 heteroatoms. The lowest BCUT2D eigenvalue weighted by Gasteiger charge is -2.29. The first kappa shape index (κ1) is 14.3. The molecule has 1 aromatic heterocycles. The molecule has 0 radical (unpaired) electrons. The predicted octanol–water partition coefficient (Wildman–Crippen LogP) is 2.05. The molecule has 19 heavy (non-hydrogen) atoms. The third-order valence-corrected chi connectivity index (χ3v) is 3.67. The van der Waals surface area contributed by atoms with Crippen molar-refractivity contribution < 1.29 is 4.74 Å². The Labute approximate surface area is 116 Å². The maximum atomic E-state index is 5.27. The number of rotatable bonds is 6. The third-order valence-electron chi connectivity index (χ3n) is 3.67. The molecule has 0 aliphatic carbocycles. The van der Waals surface area contributed by atoms with Gasteiger partial charge >= 0.3 is 0 Å². The number of nitrogens with zero attached hydrogens (tertiary/aromatic N) is 2. The van der Waals surface area contributed by atoms with Crippen molar-refractivity contribution in [3.05, 3.63) is 23.9 Å². The Hall–Kier alpha value is -1.13. The van der Waals surface area contributed by atoms with E-state index in [4.69, 9.17) is 4.74 Å². The summed E-state index contributed by atoms with van der Waals surface area (Å²) >= 11 is 0. The maximum absolute atomic E-state index is 5.27. The Balaban J connectivity index is 1.77. The van der Waals surface area contributed by atoms with Crippen molar-refractivity contribution in [2.24, 2.45) is 0 Å². The van der Waals surface area contributed by atoms with Gasteiger partial charge in [0.2, 0.25) is 5.88 Å². The largest absolute Gasteiger partial charge is 0.481 e. The molecule has 1 aromatic rings. The molecule has 1 N–H and O–H groups in total. The fourth-order valence-electron chi connectivity index (χ4n) is 2.62. The minimum absolute atomic E-state index is 0.489.